The standard InChI is InChI=1S/C22H32N4O2S/c1-15-2-5-17(6-3-15)23-22(27)18-7-4-16(18)14-25-9-11-26(12-10-25)21-20-19(28-24-21)8-13-29-20/h8,13,15-18H,2-7,9-12,14H2,1H3,(H,23,27)/t15-,16-,17-,18+/m0/s1. The van der Waals surface area contributed by atoms with Crippen LogP contribution in [0.3, 0.4) is 0 Å². The summed E-state index contributed by atoms with van der Waals surface area (Å²) in [5.41, 5.74) is 0.892. The van der Waals surface area contributed by atoms with Crippen molar-refractivity contribution in [2.45, 2.75) is 51.5 Å². The Bertz CT molecular complexity index is 833. The van der Waals surface area contributed by atoms with Gasteiger partial charge < -0.3 is 14.7 Å². The van der Waals surface area contributed by atoms with Crippen LogP contribution in [0.25, 0.3) is 10.3 Å². The number of piperazine rings is 1. The Morgan fingerprint density at radius 3 is 2.69 bits per heavy atom. The van der Waals surface area contributed by atoms with E-state index in [2.05, 4.69) is 32.6 Å². The van der Waals surface area contributed by atoms with Crippen LogP contribution in [0.1, 0.15) is 45.4 Å². The van der Waals surface area contributed by atoms with E-state index in [4.69, 9.17) is 4.52 Å². The monoisotopic (exact) mass is 416 g/mol. The van der Waals surface area contributed by atoms with Crippen LogP contribution >= 0.6 is 11.3 Å². The number of nitrogens with zero attached hydrogens (tertiary/aromatic N) is 3. The number of hydrogen-bond acceptors (Lipinski definition) is 6. The third kappa shape index (κ3) is 4.04. The summed E-state index contributed by atoms with van der Waals surface area (Å²) in [6.45, 7) is 7.40. The van der Waals surface area contributed by atoms with Crippen LogP contribution in [-0.2, 0) is 4.79 Å². The Morgan fingerprint density at radius 1 is 1.17 bits per heavy atom. The van der Waals surface area contributed by atoms with E-state index in [1.165, 1.54) is 19.3 Å². The number of fused-ring (bicyclic) bond motifs is 1. The molecule has 3 aliphatic rings. The topological polar surface area (TPSA) is 61.6 Å². The van der Waals surface area contributed by atoms with Gasteiger partial charge in [0.25, 0.3) is 0 Å². The number of rotatable bonds is 5. The van der Waals surface area contributed by atoms with E-state index in [1.807, 2.05) is 6.07 Å². The molecule has 5 rings (SSSR count). The number of aromatic nitrogens is 1. The molecule has 3 heterocycles. The molecular weight excluding hydrogens is 384 g/mol. The fourth-order valence-electron chi connectivity index (χ4n) is 5.19. The van der Waals surface area contributed by atoms with Gasteiger partial charge in [0.1, 0.15) is 4.70 Å². The summed E-state index contributed by atoms with van der Waals surface area (Å²) in [7, 11) is 0. The minimum absolute atomic E-state index is 0.230. The number of anilines is 1. The molecule has 158 valence electrons. The molecule has 6 nitrogen and oxygen atoms in total. The highest BCUT2D eigenvalue weighted by molar-refractivity contribution is 7.17. The van der Waals surface area contributed by atoms with Crippen molar-refractivity contribution in [1.82, 2.24) is 15.4 Å². The lowest BCUT2D eigenvalue weighted by atomic mass is 9.72. The minimum Gasteiger partial charge on any atom is -0.353 e. The van der Waals surface area contributed by atoms with Gasteiger partial charge in [-0.25, -0.2) is 0 Å². The molecule has 0 spiro atoms. The Hall–Kier alpha value is -1.60. The first-order valence-corrected chi connectivity index (χ1v) is 12.2. The SMILES string of the molecule is C[C@H]1CC[C@H](NC(=O)[C@@H]2CC[C@H]2CN2CCN(c3noc4ccsc34)CC2)CC1. The fraction of sp³-hybridized carbons (Fsp3) is 0.727. The molecule has 2 atom stereocenters. The van der Waals surface area contributed by atoms with E-state index in [0.29, 0.717) is 17.9 Å². The van der Waals surface area contributed by atoms with E-state index >= 15 is 0 Å². The maximum Gasteiger partial charge on any atom is 0.223 e. The van der Waals surface area contributed by atoms with Crippen LogP contribution in [0.2, 0.25) is 0 Å². The number of thiophene rings is 1. The molecule has 1 amide bonds. The second kappa shape index (κ2) is 8.26. The lowest BCUT2D eigenvalue weighted by Crippen LogP contribution is -2.52. The van der Waals surface area contributed by atoms with Crippen molar-refractivity contribution >= 4 is 33.3 Å². The first-order chi connectivity index (χ1) is 14.2. The summed E-state index contributed by atoms with van der Waals surface area (Å²) >= 11 is 1.70. The van der Waals surface area contributed by atoms with Gasteiger partial charge in [-0.05, 0) is 61.8 Å². The van der Waals surface area contributed by atoms with Gasteiger partial charge >= 0.3 is 0 Å². The molecule has 7 heteroatoms. The first kappa shape index (κ1) is 19.4. The average Bonchev–Trinajstić information content (AvgIpc) is 3.31. The number of nitrogens with one attached hydrogen (secondary N) is 1. The molecule has 2 saturated carbocycles. The molecule has 0 radical (unpaired) electrons. The smallest absolute Gasteiger partial charge is 0.223 e. The van der Waals surface area contributed by atoms with Crippen LogP contribution in [0.15, 0.2) is 16.0 Å². The molecule has 0 bridgehead atoms. The van der Waals surface area contributed by atoms with Crippen LogP contribution in [0.5, 0.6) is 0 Å². The Balaban J connectivity index is 1.09. The fourth-order valence-corrected chi connectivity index (χ4v) is 6.01. The number of carbonyl (C=O) groups excluding carboxylic acids is 1. The summed E-state index contributed by atoms with van der Waals surface area (Å²) in [5, 5.41) is 9.70. The van der Waals surface area contributed by atoms with Crippen molar-refractivity contribution in [3.63, 3.8) is 0 Å². The van der Waals surface area contributed by atoms with Crippen LogP contribution < -0.4 is 10.2 Å². The summed E-state index contributed by atoms with van der Waals surface area (Å²) in [6, 6.07) is 2.41. The third-order valence-electron chi connectivity index (χ3n) is 7.34. The zero-order chi connectivity index (χ0) is 19.8. The molecule has 2 aromatic rings. The van der Waals surface area contributed by atoms with Gasteiger partial charge in [0.2, 0.25) is 5.91 Å². The predicted molar refractivity (Wildman–Crippen MR) is 116 cm³/mol. The van der Waals surface area contributed by atoms with Gasteiger partial charge in [-0.1, -0.05) is 12.1 Å². The lowest BCUT2D eigenvalue weighted by molar-refractivity contribution is -0.131. The zero-order valence-corrected chi connectivity index (χ0v) is 18.1. The summed E-state index contributed by atoms with van der Waals surface area (Å²) in [5.74, 6) is 2.90. The van der Waals surface area contributed by atoms with Crippen LogP contribution in [0.4, 0.5) is 5.82 Å². The highest BCUT2D eigenvalue weighted by Gasteiger charge is 2.38. The van der Waals surface area contributed by atoms with E-state index in [0.717, 1.165) is 74.0 Å². The quantitative estimate of drug-likeness (QED) is 0.805. The van der Waals surface area contributed by atoms with E-state index in [9.17, 15) is 4.79 Å². The molecule has 1 saturated heterocycles. The van der Waals surface area contributed by atoms with Crippen LogP contribution in [-0.4, -0.2) is 54.7 Å². The Morgan fingerprint density at radius 2 is 1.97 bits per heavy atom. The minimum atomic E-state index is 0.230. The normalized spacial score (nSPS) is 31.0. The van der Waals surface area contributed by atoms with Crippen molar-refractivity contribution in [2.24, 2.45) is 17.8 Å². The average molecular weight is 417 g/mol. The van der Waals surface area contributed by atoms with Gasteiger partial charge in [-0.3, -0.25) is 9.69 Å². The molecule has 1 N–H and O–H groups in total. The van der Waals surface area contributed by atoms with E-state index in [-0.39, 0.29) is 5.92 Å². The van der Waals surface area contributed by atoms with Gasteiger partial charge in [-0.15, -0.1) is 11.3 Å². The maximum absolute atomic E-state index is 12.8. The van der Waals surface area contributed by atoms with E-state index in [1.54, 1.807) is 11.3 Å². The van der Waals surface area contributed by atoms with Crippen molar-refractivity contribution in [1.29, 1.82) is 0 Å². The Kier molecular flexibility index (Phi) is 5.52. The second-order valence-electron chi connectivity index (χ2n) is 9.32. The van der Waals surface area contributed by atoms with Crippen molar-refractivity contribution in [3.05, 3.63) is 11.4 Å². The highest BCUT2D eigenvalue weighted by atomic mass is 32.1. The molecule has 0 aromatic carbocycles. The molecule has 0 unspecified atom stereocenters. The molecule has 29 heavy (non-hydrogen) atoms. The van der Waals surface area contributed by atoms with Gasteiger partial charge in [0, 0.05) is 44.7 Å². The molecule has 1 aliphatic heterocycles. The summed E-state index contributed by atoms with van der Waals surface area (Å²) in [6.07, 6.45) is 7.09. The lowest BCUT2D eigenvalue weighted by Gasteiger charge is -2.42. The van der Waals surface area contributed by atoms with Gasteiger partial charge in [-0.2, -0.15) is 0 Å². The molecule has 3 fully saturated rings. The summed E-state index contributed by atoms with van der Waals surface area (Å²) in [4.78, 5) is 17.7. The predicted octanol–water partition coefficient (Wildman–Crippen LogP) is 3.73. The van der Waals surface area contributed by atoms with E-state index < -0.39 is 0 Å². The Labute approximate surface area is 176 Å². The van der Waals surface area contributed by atoms with Gasteiger partial charge in [0.05, 0.1) is 0 Å². The second-order valence-corrected chi connectivity index (χ2v) is 10.2. The molecule has 2 aliphatic carbocycles. The van der Waals surface area contributed by atoms with Crippen molar-refractivity contribution < 1.29 is 9.32 Å². The number of hydrogen-bond donors (Lipinski definition) is 1. The van der Waals surface area contributed by atoms with Gasteiger partial charge in [0.15, 0.2) is 11.4 Å². The number of amides is 1. The molecular formula is C22H32N4O2S. The summed E-state index contributed by atoms with van der Waals surface area (Å²) < 4.78 is 6.59. The third-order valence-corrected chi connectivity index (χ3v) is 8.24. The van der Waals surface area contributed by atoms with Crippen molar-refractivity contribution in [3.8, 4) is 0 Å². The van der Waals surface area contributed by atoms with Crippen LogP contribution in [0, 0.1) is 17.8 Å². The molecule has 2 aromatic heterocycles. The largest absolute Gasteiger partial charge is 0.353 e. The highest BCUT2D eigenvalue weighted by Crippen LogP contribution is 2.36. The number of carbonyl (C=O) groups is 1. The first-order valence-electron chi connectivity index (χ1n) is 11.3. The zero-order valence-electron chi connectivity index (χ0n) is 17.3. The maximum atomic E-state index is 12.8. The van der Waals surface area contributed by atoms with Crippen molar-refractivity contribution in [2.75, 3.05) is 37.6 Å².